The molecule has 3 rings (SSSR count). The number of benzene rings is 2. The molecule has 0 saturated heterocycles. The van der Waals surface area contributed by atoms with E-state index >= 15 is 0 Å². The van der Waals surface area contributed by atoms with E-state index in [2.05, 4.69) is 0 Å². The molecule has 0 radical (unpaired) electrons. The molecule has 1 unspecified atom stereocenters. The van der Waals surface area contributed by atoms with Crippen molar-refractivity contribution in [1.29, 1.82) is 0 Å². The van der Waals surface area contributed by atoms with Gasteiger partial charge in [0, 0.05) is 12.1 Å². The highest BCUT2D eigenvalue weighted by Gasteiger charge is 2.37. The second kappa shape index (κ2) is 8.55. The highest BCUT2D eigenvalue weighted by atomic mass is 16.6. The van der Waals surface area contributed by atoms with Crippen molar-refractivity contribution in [3.05, 3.63) is 53.1 Å². The van der Waals surface area contributed by atoms with Gasteiger partial charge in [0.1, 0.15) is 5.75 Å². The Balaban J connectivity index is 2.08. The van der Waals surface area contributed by atoms with E-state index in [-0.39, 0.29) is 18.0 Å². The molecule has 0 N–H and O–H groups in total. The van der Waals surface area contributed by atoms with Gasteiger partial charge in [0.25, 0.3) is 5.91 Å². The van der Waals surface area contributed by atoms with Crippen LogP contribution in [0, 0.1) is 13.8 Å². The van der Waals surface area contributed by atoms with E-state index in [1.807, 2.05) is 32.9 Å². The van der Waals surface area contributed by atoms with Gasteiger partial charge < -0.3 is 14.4 Å². The maximum Gasteiger partial charge on any atom is 0.414 e. The molecule has 0 saturated carbocycles. The molecular weight excluding hydrogens is 368 g/mol. The fourth-order valence-corrected chi connectivity index (χ4v) is 3.62. The van der Waals surface area contributed by atoms with Crippen molar-refractivity contribution in [1.82, 2.24) is 0 Å². The zero-order chi connectivity index (χ0) is 21.1. The van der Waals surface area contributed by atoms with Crippen LogP contribution in [-0.2, 0) is 4.74 Å². The first-order chi connectivity index (χ1) is 13.9. The Morgan fingerprint density at radius 2 is 1.66 bits per heavy atom. The third kappa shape index (κ3) is 3.92. The fourth-order valence-electron chi connectivity index (χ4n) is 3.62. The highest BCUT2D eigenvalue weighted by molar-refractivity contribution is 6.10. The molecule has 6 nitrogen and oxygen atoms in total. The molecule has 0 aliphatic carbocycles. The van der Waals surface area contributed by atoms with Crippen LogP contribution in [-0.4, -0.2) is 38.3 Å². The van der Waals surface area contributed by atoms with Crippen LogP contribution in [0.15, 0.2) is 36.4 Å². The van der Waals surface area contributed by atoms with Gasteiger partial charge in [-0.3, -0.25) is 9.69 Å². The number of amides is 2. The maximum absolute atomic E-state index is 13.4. The Bertz CT molecular complexity index is 908. The molecule has 0 fully saturated rings. The molecule has 1 atom stereocenters. The van der Waals surface area contributed by atoms with Gasteiger partial charge in [-0.25, -0.2) is 4.79 Å². The van der Waals surface area contributed by atoms with Gasteiger partial charge in [0.05, 0.1) is 31.1 Å². The molecule has 0 spiro atoms. The number of hydrogen-bond acceptors (Lipinski definition) is 4. The molecular formula is C23H28N2O4. The lowest BCUT2D eigenvalue weighted by Gasteiger charge is -2.42. The van der Waals surface area contributed by atoms with Crippen molar-refractivity contribution in [2.75, 3.05) is 30.1 Å². The quantitative estimate of drug-likeness (QED) is 0.751. The minimum atomic E-state index is -0.375. The van der Waals surface area contributed by atoms with Crippen molar-refractivity contribution in [2.24, 2.45) is 0 Å². The summed E-state index contributed by atoms with van der Waals surface area (Å²) in [6.07, 6.45) is 0.331. The van der Waals surface area contributed by atoms with Crippen molar-refractivity contribution in [3.8, 4) is 5.75 Å². The first-order valence-electron chi connectivity index (χ1n) is 9.94. The summed E-state index contributed by atoms with van der Waals surface area (Å²) >= 11 is 0. The van der Waals surface area contributed by atoms with Gasteiger partial charge in [0.15, 0.2) is 0 Å². The Kier molecular flexibility index (Phi) is 6.11. The van der Waals surface area contributed by atoms with Crippen LogP contribution in [0.3, 0.4) is 0 Å². The number of carbonyl (C=O) groups excluding carboxylic acids is 2. The van der Waals surface area contributed by atoms with Gasteiger partial charge >= 0.3 is 6.09 Å². The first kappa shape index (κ1) is 20.7. The van der Waals surface area contributed by atoms with Gasteiger partial charge in [-0.15, -0.1) is 0 Å². The number of carbonyl (C=O) groups is 2. The molecule has 2 amide bonds. The lowest BCUT2D eigenvalue weighted by molar-refractivity contribution is 0.0981. The second-order valence-corrected chi connectivity index (χ2v) is 7.20. The van der Waals surface area contributed by atoms with Crippen molar-refractivity contribution >= 4 is 23.4 Å². The number of hydrogen-bond donors (Lipinski definition) is 0. The molecule has 6 heteroatoms. The van der Waals surface area contributed by atoms with Crippen LogP contribution in [0.5, 0.6) is 5.75 Å². The number of ether oxygens (including phenoxy) is 2. The third-order valence-corrected chi connectivity index (χ3v) is 5.42. The molecule has 154 valence electrons. The number of nitrogens with zero attached hydrogens (tertiary/aromatic N) is 2. The van der Waals surface area contributed by atoms with Crippen LogP contribution in [0.4, 0.5) is 16.2 Å². The predicted molar refractivity (Wildman–Crippen MR) is 114 cm³/mol. The summed E-state index contributed by atoms with van der Waals surface area (Å²) in [5.74, 6) is 0.603. The van der Waals surface area contributed by atoms with E-state index in [4.69, 9.17) is 9.47 Å². The van der Waals surface area contributed by atoms with E-state index in [9.17, 15) is 9.59 Å². The van der Waals surface area contributed by atoms with Crippen LogP contribution >= 0.6 is 0 Å². The zero-order valence-corrected chi connectivity index (χ0v) is 17.7. The summed E-state index contributed by atoms with van der Waals surface area (Å²) in [6, 6.07) is 10.9. The van der Waals surface area contributed by atoms with Crippen LogP contribution in [0.1, 0.15) is 41.8 Å². The van der Waals surface area contributed by atoms with Crippen molar-refractivity contribution < 1.29 is 19.1 Å². The minimum Gasteiger partial charge on any atom is -0.497 e. The standard InChI is InChI=1S/C23H28N2O4/c1-6-18-14-24(22(26)17-8-10-19(28-5)11-9-17)20-12-15(3)16(4)13-21(20)25(18)23(27)29-7-2/h8-13,18H,6-7,14H2,1-5H3. The topological polar surface area (TPSA) is 59.1 Å². The average molecular weight is 396 g/mol. The number of rotatable bonds is 4. The zero-order valence-electron chi connectivity index (χ0n) is 17.7. The monoisotopic (exact) mass is 396 g/mol. The van der Waals surface area contributed by atoms with E-state index in [0.29, 0.717) is 36.6 Å². The Hall–Kier alpha value is -3.02. The van der Waals surface area contributed by atoms with Crippen LogP contribution < -0.4 is 14.5 Å². The summed E-state index contributed by atoms with van der Waals surface area (Å²) in [7, 11) is 1.60. The van der Waals surface area contributed by atoms with Gasteiger partial charge in [-0.05, 0) is 74.7 Å². The minimum absolute atomic E-state index is 0.0980. The van der Waals surface area contributed by atoms with E-state index in [1.165, 1.54) is 0 Å². The number of anilines is 2. The van der Waals surface area contributed by atoms with Crippen LogP contribution in [0.25, 0.3) is 0 Å². The number of aryl methyl sites for hydroxylation is 2. The largest absolute Gasteiger partial charge is 0.497 e. The van der Waals surface area contributed by atoms with Crippen molar-refractivity contribution in [3.63, 3.8) is 0 Å². The second-order valence-electron chi connectivity index (χ2n) is 7.20. The third-order valence-electron chi connectivity index (χ3n) is 5.42. The lowest BCUT2D eigenvalue weighted by atomic mass is 9.99. The molecule has 0 aromatic heterocycles. The molecule has 1 aliphatic heterocycles. The fraction of sp³-hybridized carbons (Fsp3) is 0.391. The van der Waals surface area contributed by atoms with Gasteiger partial charge in [0.2, 0.25) is 0 Å². The maximum atomic E-state index is 13.4. The highest BCUT2D eigenvalue weighted by Crippen LogP contribution is 2.39. The molecule has 1 heterocycles. The molecule has 1 aliphatic rings. The number of fused-ring (bicyclic) bond motifs is 1. The SMILES string of the molecule is CCOC(=O)N1c2cc(C)c(C)cc2N(C(=O)c2ccc(OC)cc2)CC1CC. The van der Waals surface area contributed by atoms with E-state index < -0.39 is 0 Å². The van der Waals surface area contributed by atoms with Gasteiger partial charge in [-0.1, -0.05) is 6.92 Å². The Morgan fingerprint density at radius 1 is 1.03 bits per heavy atom. The summed E-state index contributed by atoms with van der Waals surface area (Å²) in [4.78, 5) is 29.6. The molecule has 29 heavy (non-hydrogen) atoms. The van der Waals surface area contributed by atoms with E-state index in [1.54, 1.807) is 48.1 Å². The number of methoxy groups -OCH3 is 1. The van der Waals surface area contributed by atoms with Crippen LogP contribution in [0.2, 0.25) is 0 Å². The Morgan fingerprint density at radius 3 is 2.21 bits per heavy atom. The Labute approximate surface area is 172 Å². The summed E-state index contributed by atoms with van der Waals surface area (Å²) < 4.78 is 10.5. The predicted octanol–water partition coefficient (Wildman–Crippen LogP) is 4.71. The summed E-state index contributed by atoms with van der Waals surface area (Å²) in [5.41, 5.74) is 4.15. The van der Waals surface area contributed by atoms with Gasteiger partial charge in [-0.2, -0.15) is 0 Å². The first-order valence-corrected chi connectivity index (χ1v) is 9.94. The summed E-state index contributed by atoms with van der Waals surface area (Å²) in [6.45, 7) is 8.54. The normalized spacial score (nSPS) is 15.7. The molecule has 2 aromatic carbocycles. The molecule has 2 aromatic rings. The molecule has 0 bridgehead atoms. The van der Waals surface area contributed by atoms with Crippen molar-refractivity contribution in [2.45, 2.75) is 40.2 Å². The lowest BCUT2D eigenvalue weighted by Crippen LogP contribution is -2.53. The average Bonchev–Trinajstić information content (AvgIpc) is 2.73. The smallest absolute Gasteiger partial charge is 0.414 e. The van der Waals surface area contributed by atoms with E-state index in [0.717, 1.165) is 16.8 Å². The summed E-state index contributed by atoms with van der Waals surface area (Å²) in [5, 5.41) is 0.